The summed E-state index contributed by atoms with van der Waals surface area (Å²) in [5, 5.41) is 16.8. The molecular weight excluding hydrogens is 526 g/mol. The highest BCUT2D eigenvalue weighted by atomic mass is 79.9. The Morgan fingerprint density at radius 3 is 2.56 bits per heavy atom. The average molecular weight is 545 g/mol. The smallest absolute Gasteiger partial charge is 0.272 e. The molecule has 3 aromatic rings. The van der Waals surface area contributed by atoms with Gasteiger partial charge in [-0.05, 0) is 70.4 Å². The number of anilines is 1. The number of nitro benzene ring substituents is 1. The minimum Gasteiger partial charge on any atom is -0.496 e. The van der Waals surface area contributed by atoms with Gasteiger partial charge in [-0.2, -0.15) is 0 Å². The number of benzene rings is 3. The summed E-state index contributed by atoms with van der Waals surface area (Å²) in [5.74, 6) is -1.02. The van der Waals surface area contributed by atoms with Gasteiger partial charge in [0.2, 0.25) is 0 Å². The van der Waals surface area contributed by atoms with Gasteiger partial charge in [0, 0.05) is 21.6 Å². The number of methoxy groups -OCH3 is 1. The molecule has 3 aromatic carbocycles. The topological polar surface area (TPSA) is 111 Å². The summed E-state index contributed by atoms with van der Waals surface area (Å²) in [5.41, 5.74) is 1.64. The zero-order chi connectivity index (χ0) is 24.8. The van der Waals surface area contributed by atoms with Crippen LogP contribution in [-0.2, 0) is 4.79 Å². The van der Waals surface area contributed by atoms with Crippen molar-refractivity contribution in [2.45, 2.75) is 6.92 Å². The van der Waals surface area contributed by atoms with E-state index in [9.17, 15) is 19.7 Å². The van der Waals surface area contributed by atoms with E-state index in [1.54, 1.807) is 18.2 Å². The molecule has 174 valence electrons. The predicted octanol–water partition coefficient (Wildman–Crippen LogP) is 5.74. The second-order valence-electron chi connectivity index (χ2n) is 7.15. The monoisotopic (exact) mass is 543 g/mol. The van der Waals surface area contributed by atoms with Crippen LogP contribution in [0.4, 0.5) is 11.4 Å². The quantitative estimate of drug-likeness (QED) is 0.224. The number of aryl methyl sites for hydroxylation is 1. The third kappa shape index (κ3) is 6.21. The molecule has 0 aliphatic rings. The van der Waals surface area contributed by atoms with Gasteiger partial charge in [-0.25, -0.2) is 0 Å². The number of halogens is 2. The fraction of sp³-hybridized carbons (Fsp3) is 0.0833. The van der Waals surface area contributed by atoms with E-state index in [0.29, 0.717) is 20.7 Å². The molecule has 10 heteroatoms. The number of amides is 2. The normalized spacial score (nSPS) is 11.0. The molecule has 0 heterocycles. The lowest BCUT2D eigenvalue weighted by Crippen LogP contribution is -2.31. The number of rotatable bonds is 7. The first-order chi connectivity index (χ1) is 16.2. The molecule has 0 atom stereocenters. The summed E-state index contributed by atoms with van der Waals surface area (Å²) in [6, 6.07) is 15.6. The van der Waals surface area contributed by atoms with Gasteiger partial charge in [0.05, 0.1) is 23.3 Å². The van der Waals surface area contributed by atoms with Crippen LogP contribution in [0.15, 0.2) is 70.8 Å². The Kier molecular flexibility index (Phi) is 8.04. The summed E-state index contributed by atoms with van der Waals surface area (Å²) in [7, 11) is 1.40. The molecule has 0 bridgehead atoms. The third-order valence-corrected chi connectivity index (χ3v) is 5.55. The van der Waals surface area contributed by atoms with Crippen molar-refractivity contribution in [1.82, 2.24) is 5.32 Å². The Bertz CT molecular complexity index is 1310. The van der Waals surface area contributed by atoms with Crippen molar-refractivity contribution in [3.05, 3.63) is 103 Å². The highest BCUT2D eigenvalue weighted by Gasteiger charge is 2.19. The number of carbonyl (C=O) groups excluding carboxylic acids is 2. The van der Waals surface area contributed by atoms with Crippen LogP contribution in [0.2, 0.25) is 5.02 Å². The first-order valence-electron chi connectivity index (χ1n) is 9.86. The largest absolute Gasteiger partial charge is 0.496 e. The van der Waals surface area contributed by atoms with Crippen molar-refractivity contribution >= 4 is 56.8 Å². The van der Waals surface area contributed by atoms with Crippen molar-refractivity contribution in [2.24, 2.45) is 0 Å². The molecule has 0 saturated heterocycles. The van der Waals surface area contributed by atoms with Crippen LogP contribution in [-0.4, -0.2) is 23.8 Å². The Labute approximate surface area is 208 Å². The van der Waals surface area contributed by atoms with Crippen molar-refractivity contribution in [3.8, 4) is 5.75 Å². The van der Waals surface area contributed by atoms with Gasteiger partial charge in [-0.3, -0.25) is 19.7 Å². The van der Waals surface area contributed by atoms with E-state index in [2.05, 4.69) is 26.6 Å². The minimum absolute atomic E-state index is 0.115. The number of nitrogens with zero attached hydrogens (tertiary/aromatic N) is 1. The summed E-state index contributed by atoms with van der Waals surface area (Å²) in [6.07, 6.45) is 1.35. The van der Waals surface area contributed by atoms with E-state index in [1.165, 1.54) is 43.5 Å². The lowest BCUT2D eigenvalue weighted by molar-refractivity contribution is -0.384. The average Bonchev–Trinajstić information content (AvgIpc) is 2.80. The molecule has 0 radical (unpaired) electrons. The fourth-order valence-electron chi connectivity index (χ4n) is 3.01. The molecular formula is C24H19BrClN3O5. The molecule has 2 N–H and O–H groups in total. The highest BCUT2D eigenvalue weighted by molar-refractivity contribution is 9.10. The lowest BCUT2D eigenvalue weighted by Gasteiger charge is -2.14. The molecule has 0 fully saturated rings. The van der Waals surface area contributed by atoms with Gasteiger partial charge in [0.25, 0.3) is 17.5 Å². The maximum absolute atomic E-state index is 13.2. The summed E-state index contributed by atoms with van der Waals surface area (Å²) in [6.45, 7) is 1.91. The number of carbonyl (C=O) groups is 2. The number of nitro groups is 1. The molecule has 3 rings (SSSR count). The van der Waals surface area contributed by atoms with Crippen molar-refractivity contribution in [1.29, 1.82) is 0 Å². The molecule has 0 aliphatic carbocycles. The summed E-state index contributed by atoms with van der Waals surface area (Å²) >= 11 is 9.44. The van der Waals surface area contributed by atoms with E-state index in [0.717, 1.165) is 5.56 Å². The van der Waals surface area contributed by atoms with Gasteiger partial charge >= 0.3 is 0 Å². The standard InChI is InChI=1S/C24H19BrClN3O5/c1-14-6-8-20(19(25)10-14)27-24(31)21(12-15-4-3-5-17(11-15)29(32)33)28-23(30)18-13-16(26)7-9-22(18)34-2/h3-13H,1-2H3,(H,27,31)(H,28,30). The Balaban J connectivity index is 2.00. The first kappa shape index (κ1) is 24.9. The molecule has 0 aliphatic heterocycles. The van der Waals surface area contributed by atoms with Crippen LogP contribution in [0.5, 0.6) is 5.75 Å². The zero-order valence-corrected chi connectivity index (χ0v) is 20.4. The van der Waals surface area contributed by atoms with Crippen molar-refractivity contribution in [2.75, 3.05) is 12.4 Å². The van der Waals surface area contributed by atoms with Crippen LogP contribution in [0, 0.1) is 17.0 Å². The maximum Gasteiger partial charge on any atom is 0.272 e. The Morgan fingerprint density at radius 2 is 1.88 bits per heavy atom. The number of hydrogen-bond donors (Lipinski definition) is 2. The van der Waals surface area contributed by atoms with Crippen LogP contribution < -0.4 is 15.4 Å². The first-order valence-corrected chi connectivity index (χ1v) is 11.0. The second-order valence-corrected chi connectivity index (χ2v) is 8.44. The van der Waals surface area contributed by atoms with E-state index in [4.69, 9.17) is 16.3 Å². The van der Waals surface area contributed by atoms with Gasteiger partial charge < -0.3 is 15.4 Å². The van der Waals surface area contributed by atoms with Crippen LogP contribution in [0.1, 0.15) is 21.5 Å². The van der Waals surface area contributed by atoms with Gasteiger partial charge in [-0.1, -0.05) is 29.8 Å². The zero-order valence-electron chi connectivity index (χ0n) is 18.1. The van der Waals surface area contributed by atoms with Crippen LogP contribution in [0.25, 0.3) is 6.08 Å². The summed E-state index contributed by atoms with van der Waals surface area (Å²) < 4.78 is 5.88. The Hall–Kier alpha value is -3.69. The number of nitrogens with one attached hydrogen (secondary N) is 2. The Morgan fingerprint density at radius 1 is 1.12 bits per heavy atom. The molecule has 8 nitrogen and oxygen atoms in total. The van der Waals surface area contributed by atoms with Gasteiger partial charge in [-0.15, -0.1) is 0 Å². The second kappa shape index (κ2) is 11.0. The number of non-ortho nitro benzene ring substituents is 1. The molecule has 2 amide bonds. The number of ether oxygens (including phenoxy) is 1. The van der Waals surface area contributed by atoms with E-state index >= 15 is 0 Å². The van der Waals surface area contributed by atoms with Gasteiger partial charge in [0.1, 0.15) is 11.4 Å². The molecule has 0 saturated carbocycles. The molecule has 0 aromatic heterocycles. The third-order valence-electron chi connectivity index (χ3n) is 4.66. The van der Waals surface area contributed by atoms with Gasteiger partial charge in [0.15, 0.2) is 0 Å². The minimum atomic E-state index is -0.644. The number of hydrogen-bond acceptors (Lipinski definition) is 5. The predicted molar refractivity (Wildman–Crippen MR) is 134 cm³/mol. The SMILES string of the molecule is COc1ccc(Cl)cc1C(=O)NC(=Cc1cccc([N+](=O)[O-])c1)C(=O)Nc1ccc(C)cc1Br. The van der Waals surface area contributed by atoms with Crippen molar-refractivity contribution < 1.29 is 19.2 Å². The molecule has 0 spiro atoms. The van der Waals surface area contributed by atoms with E-state index in [-0.39, 0.29) is 22.7 Å². The molecule has 0 unspecified atom stereocenters. The fourth-order valence-corrected chi connectivity index (χ4v) is 3.78. The highest BCUT2D eigenvalue weighted by Crippen LogP contribution is 2.25. The van der Waals surface area contributed by atoms with E-state index in [1.807, 2.05) is 19.1 Å². The molecule has 34 heavy (non-hydrogen) atoms. The van der Waals surface area contributed by atoms with Crippen molar-refractivity contribution in [3.63, 3.8) is 0 Å². The lowest BCUT2D eigenvalue weighted by atomic mass is 10.1. The van der Waals surface area contributed by atoms with Crippen LogP contribution in [0.3, 0.4) is 0 Å². The maximum atomic E-state index is 13.2. The van der Waals surface area contributed by atoms with Crippen LogP contribution >= 0.6 is 27.5 Å². The summed E-state index contributed by atoms with van der Waals surface area (Å²) in [4.78, 5) is 36.8. The van der Waals surface area contributed by atoms with E-state index < -0.39 is 16.7 Å².